The van der Waals surface area contributed by atoms with Gasteiger partial charge >= 0.3 is 0 Å². The number of fused-ring (bicyclic) bond motifs is 7. The summed E-state index contributed by atoms with van der Waals surface area (Å²) in [6.07, 6.45) is 0. The van der Waals surface area contributed by atoms with Gasteiger partial charge < -0.3 is 0 Å². The van der Waals surface area contributed by atoms with E-state index < -0.39 is 7.29 Å². The fourth-order valence-corrected chi connectivity index (χ4v) is 10.6. The first kappa shape index (κ1) is 30.2. The number of nitrogens with zero attached hydrogens (tertiary/aromatic N) is 5. The van der Waals surface area contributed by atoms with Crippen molar-refractivity contribution in [1.29, 1.82) is 0 Å². The second-order valence-electron chi connectivity index (χ2n) is 12.8. The average Bonchev–Trinajstić information content (AvgIpc) is 3.57. The number of anilines is 2. The van der Waals surface area contributed by atoms with Gasteiger partial charge in [0, 0.05) is 43.8 Å². The van der Waals surface area contributed by atoms with Crippen LogP contribution in [0.2, 0.25) is 0 Å². The smallest absolute Gasteiger partial charge is 0.238 e. The summed E-state index contributed by atoms with van der Waals surface area (Å²) < 4.78 is 20.6. The van der Waals surface area contributed by atoms with Gasteiger partial charge in [-0.25, -0.2) is 4.98 Å². The van der Waals surface area contributed by atoms with Crippen molar-refractivity contribution in [2.45, 2.75) is 0 Å². The molecular weight excluding hydrogens is 658 g/mol. The lowest BCUT2D eigenvalue weighted by Gasteiger charge is -2.40. The van der Waals surface area contributed by atoms with Crippen molar-refractivity contribution in [3.05, 3.63) is 182 Å². The van der Waals surface area contributed by atoms with Gasteiger partial charge in [0.15, 0.2) is 11.6 Å². The van der Waals surface area contributed by atoms with E-state index in [9.17, 15) is 0 Å². The Morgan fingerprint density at radius 2 is 1.02 bits per heavy atom. The second kappa shape index (κ2) is 12.0. The molecule has 7 heteroatoms. The maximum atomic E-state index is 16.4. The van der Waals surface area contributed by atoms with Crippen molar-refractivity contribution < 1.29 is 4.57 Å². The van der Waals surface area contributed by atoms with Gasteiger partial charge in [-0.05, 0) is 42.0 Å². The highest BCUT2D eigenvalue weighted by Gasteiger charge is 2.44. The third-order valence-corrected chi connectivity index (χ3v) is 12.9. The van der Waals surface area contributed by atoms with Crippen LogP contribution in [0.5, 0.6) is 0 Å². The lowest BCUT2D eigenvalue weighted by molar-refractivity contribution is 0.587. The number of hydrogen-bond donors (Lipinski definition) is 0. The molecule has 0 saturated heterocycles. The Morgan fingerprint density at radius 3 is 1.69 bits per heavy atom. The summed E-state index contributed by atoms with van der Waals surface area (Å²) in [4.78, 5) is 15.4. The van der Waals surface area contributed by atoms with Crippen molar-refractivity contribution in [2.24, 2.45) is 0 Å². The molecule has 9 aromatic rings. The molecule has 1 aliphatic heterocycles. The molecular formula is C45H30N5OP. The fraction of sp³-hybridized carbons (Fsp3) is 0. The van der Waals surface area contributed by atoms with Crippen LogP contribution in [-0.4, -0.2) is 19.5 Å². The summed E-state index contributed by atoms with van der Waals surface area (Å²) in [6.45, 7) is 0. The van der Waals surface area contributed by atoms with Crippen molar-refractivity contribution in [3.63, 3.8) is 0 Å². The summed E-state index contributed by atoms with van der Waals surface area (Å²) in [5.74, 6) is 1.62. The van der Waals surface area contributed by atoms with Gasteiger partial charge in [-0.2, -0.15) is 9.97 Å². The third kappa shape index (κ3) is 4.58. The molecule has 0 amide bonds. The molecule has 0 radical (unpaired) electrons. The van der Waals surface area contributed by atoms with Gasteiger partial charge in [-0.3, -0.25) is 13.8 Å². The molecule has 1 aliphatic rings. The van der Waals surface area contributed by atoms with Gasteiger partial charge in [-0.15, -0.1) is 0 Å². The summed E-state index contributed by atoms with van der Waals surface area (Å²) in [5.41, 5.74) is 7.20. The maximum Gasteiger partial charge on any atom is 0.238 e. The topological polar surface area (TPSA) is 63.9 Å². The molecule has 7 aromatic carbocycles. The van der Waals surface area contributed by atoms with Crippen LogP contribution in [0, 0.1) is 0 Å². The lowest BCUT2D eigenvalue weighted by Crippen LogP contribution is -2.34. The highest BCUT2D eigenvalue weighted by Crippen LogP contribution is 2.63. The van der Waals surface area contributed by atoms with E-state index in [-0.39, 0.29) is 0 Å². The zero-order valence-electron chi connectivity index (χ0n) is 27.9. The Kier molecular flexibility index (Phi) is 6.98. The van der Waals surface area contributed by atoms with Crippen molar-refractivity contribution in [2.75, 3.05) is 4.67 Å². The summed E-state index contributed by atoms with van der Waals surface area (Å²) in [7, 11) is -3.53. The molecule has 0 saturated carbocycles. The standard InChI is InChI=1S/C45H30N5OP/c51-52(34-23-11-4-12-24-34)40-28-16-14-26-36(40)38-30-29-37-35-25-13-15-27-39(35)49(41(37)42(38)50(52)33-21-9-3-10-22-33)45-47-43(31-17-5-1-6-18-31)46-44(48-45)32-19-7-2-8-20-32/h1-30H. The van der Waals surface area contributed by atoms with Crippen LogP contribution in [0.15, 0.2) is 182 Å². The summed E-state index contributed by atoms with van der Waals surface area (Å²) >= 11 is 0. The largest absolute Gasteiger partial charge is 0.289 e. The molecule has 0 bridgehead atoms. The molecule has 52 heavy (non-hydrogen) atoms. The first-order valence-electron chi connectivity index (χ1n) is 17.2. The normalized spacial score (nSPS) is 15.0. The van der Waals surface area contributed by atoms with Gasteiger partial charge in [0.05, 0.1) is 16.7 Å². The molecule has 0 aliphatic carbocycles. The molecule has 3 heterocycles. The predicted octanol–water partition coefficient (Wildman–Crippen LogP) is 10.4. The number of para-hydroxylation sites is 2. The van der Waals surface area contributed by atoms with Gasteiger partial charge in [0.1, 0.15) is 0 Å². The van der Waals surface area contributed by atoms with E-state index in [2.05, 4.69) is 45.6 Å². The van der Waals surface area contributed by atoms with E-state index in [1.54, 1.807) is 0 Å². The molecule has 10 rings (SSSR count). The molecule has 0 fully saturated rings. The van der Waals surface area contributed by atoms with Crippen LogP contribution in [-0.2, 0) is 4.57 Å². The molecule has 246 valence electrons. The third-order valence-electron chi connectivity index (χ3n) is 9.82. The molecule has 2 aromatic heterocycles. The van der Waals surface area contributed by atoms with E-state index in [4.69, 9.17) is 15.0 Å². The highest BCUT2D eigenvalue weighted by atomic mass is 31.2. The van der Waals surface area contributed by atoms with Gasteiger partial charge in [-0.1, -0.05) is 146 Å². The highest BCUT2D eigenvalue weighted by molar-refractivity contribution is 7.81. The van der Waals surface area contributed by atoms with Gasteiger partial charge in [0.25, 0.3) is 0 Å². The minimum absolute atomic E-state index is 0.480. The van der Waals surface area contributed by atoms with Crippen molar-refractivity contribution in [1.82, 2.24) is 19.5 Å². The first-order chi connectivity index (χ1) is 25.7. The monoisotopic (exact) mass is 687 g/mol. The van der Waals surface area contributed by atoms with Crippen molar-refractivity contribution in [3.8, 4) is 39.9 Å². The molecule has 1 atom stereocenters. The van der Waals surface area contributed by atoms with Gasteiger partial charge in [0.2, 0.25) is 13.2 Å². The van der Waals surface area contributed by atoms with Crippen LogP contribution in [0.3, 0.4) is 0 Å². The Morgan fingerprint density at radius 1 is 0.462 bits per heavy atom. The minimum Gasteiger partial charge on any atom is -0.289 e. The van der Waals surface area contributed by atoms with Crippen LogP contribution in [0.4, 0.5) is 11.4 Å². The lowest BCUT2D eigenvalue weighted by atomic mass is 10.00. The number of hydrogen-bond acceptors (Lipinski definition) is 4. The average molecular weight is 688 g/mol. The van der Waals surface area contributed by atoms with Crippen LogP contribution in [0.1, 0.15) is 0 Å². The Bertz CT molecular complexity index is 2760. The summed E-state index contributed by atoms with van der Waals surface area (Å²) in [5, 5.41) is 3.62. The minimum atomic E-state index is -3.53. The number of rotatable bonds is 5. The number of benzene rings is 7. The zero-order valence-corrected chi connectivity index (χ0v) is 28.8. The predicted molar refractivity (Wildman–Crippen MR) is 212 cm³/mol. The Labute approximate surface area is 300 Å². The maximum absolute atomic E-state index is 16.4. The zero-order chi connectivity index (χ0) is 34.6. The number of aromatic nitrogens is 4. The van der Waals surface area contributed by atoms with Crippen LogP contribution < -0.4 is 15.3 Å². The molecule has 1 unspecified atom stereocenters. The SMILES string of the molecule is O=P1(c2ccccc2)c2ccccc2-c2ccc3c4ccccc4n(-c4nc(-c5ccccc5)nc(-c5ccccc5)n4)c3c2N1c1ccccc1. The first-order valence-corrected chi connectivity index (χ1v) is 18.9. The Balaban J connectivity index is 1.38. The second-order valence-corrected chi connectivity index (χ2v) is 15.4. The summed E-state index contributed by atoms with van der Waals surface area (Å²) in [6, 6.07) is 60.8. The fourth-order valence-electron chi connectivity index (χ4n) is 7.54. The van der Waals surface area contributed by atoms with Crippen LogP contribution in [0.25, 0.3) is 61.7 Å². The van der Waals surface area contributed by atoms with E-state index in [1.807, 2.05) is 146 Å². The molecule has 0 spiro atoms. The van der Waals surface area contributed by atoms with E-state index in [0.29, 0.717) is 17.6 Å². The van der Waals surface area contributed by atoms with E-state index >= 15 is 4.57 Å². The Hall–Kier alpha value is -6.62. The van der Waals surface area contributed by atoms with Crippen molar-refractivity contribution >= 4 is 51.1 Å². The van der Waals surface area contributed by atoms with E-state index in [0.717, 1.165) is 66.0 Å². The van der Waals surface area contributed by atoms with Crippen LogP contribution >= 0.6 is 7.29 Å². The quantitative estimate of drug-likeness (QED) is 0.169. The molecule has 0 N–H and O–H groups in total. The van der Waals surface area contributed by atoms with E-state index in [1.165, 1.54) is 0 Å². The molecule has 6 nitrogen and oxygen atoms in total.